The minimum Gasteiger partial charge on any atom is -0.314 e. The highest BCUT2D eigenvalue weighted by Gasteiger charge is 2.34. The number of piperazine rings is 1. The highest BCUT2D eigenvalue weighted by Crippen LogP contribution is 2.29. The first-order valence-corrected chi connectivity index (χ1v) is 7.25. The molecule has 0 spiro atoms. The van der Waals surface area contributed by atoms with Gasteiger partial charge in [0.25, 0.3) is 0 Å². The predicted molar refractivity (Wildman–Crippen MR) is 83.3 cm³/mol. The van der Waals surface area contributed by atoms with Crippen LogP contribution in [0.3, 0.4) is 0 Å². The van der Waals surface area contributed by atoms with Gasteiger partial charge >= 0.3 is 6.18 Å². The van der Waals surface area contributed by atoms with Crippen LogP contribution in [0.2, 0.25) is 0 Å². The number of aromatic amines is 1. The van der Waals surface area contributed by atoms with Crippen molar-refractivity contribution in [2.75, 3.05) is 19.6 Å². The number of rotatable bonds is 3. The molecule has 2 aromatic rings. The predicted octanol–water partition coefficient (Wildman–Crippen LogP) is 3.14. The van der Waals surface area contributed by atoms with Crippen LogP contribution in [0.1, 0.15) is 23.0 Å². The van der Waals surface area contributed by atoms with Crippen LogP contribution in [0, 0.1) is 5.82 Å². The number of hydrogen-bond donors (Lipinski definition) is 2. The molecule has 1 unspecified atom stereocenters. The number of benzene rings is 1. The number of nitrogens with one attached hydrogen (secondary N) is 2. The third-order valence-electron chi connectivity index (χ3n) is 3.88. The first-order chi connectivity index (χ1) is 10.9. The zero-order valence-corrected chi connectivity index (χ0v) is 13.4. The molecule has 0 bridgehead atoms. The Morgan fingerprint density at radius 3 is 2.71 bits per heavy atom. The first kappa shape index (κ1) is 18.7. The van der Waals surface area contributed by atoms with Gasteiger partial charge in [-0.25, -0.2) is 4.39 Å². The smallest absolute Gasteiger partial charge is 0.314 e. The van der Waals surface area contributed by atoms with Crippen LogP contribution in [-0.4, -0.2) is 34.7 Å². The molecule has 1 saturated heterocycles. The van der Waals surface area contributed by atoms with Gasteiger partial charge in [0.1, 0.15) is 5.82 Å². The molecule has 0 radical (unpaired) electrons. The molecule has 1 aromatic heterocycles. The molecule has 132 valence electrons. The lowest BCUT2D eigenvalue weighted by Gasteiger charge is -2.36. The molecular weight excluding hydrogens is 348 g/mol. The van der Waals surface area contributed by atoms with Crippen molar-refractivity contribution in [3.63, 3.8) is 0 Å². The zero-order chi connectivity index (χ0) is 16.4. The molecule has 3 rings (SSSR count). The first-order valence-electron chi connectivity index (χ1n) is 7.25. The van der Waals surface area contributed by atoms with Gasteiger partial charge in [-0.15, -0.1) is 12.4 Å². The third-order valence-corrected chi connectivity index (χ3v) is 3.88. The van der Waals surface area contributed by atoms with Crippen molar-refractivity contribution >= 4 is 12.4 Å². The summed E-state index contributed by atoms with van der Waals surface area (Å²) in [6.45, 7) is 2.29. The summed E-state index contributed by atoms with van der Waals surface area (Å²) in [5.41, 5.74) is 0.262. The Hall–Kier alpha value is -1.64. The molecule has 4 nitrogen and oxygen atoms in total. The van der Waals surface area contributed by atoms with Crippen molar-refractivity contribution in [2.24, 2.45) is 0 Å². The van der Waals surface area contributed by atoms with E-state index in [2.05, 4.69) is 15.5 Å². The van der Waals surface area contributed by atoms with Crippen LogP contribution >= 0.6 is 12.4 Å². The van der Waals surface area contributed by atoms with E-state index in [1.54, 1.807) is 6.07 Å². The van der Waals surface area contributed by atoms with E-state index in [4.69, 9.17) is 0 Å². The molecule has 1 aromatic carbocycles. The Bertz CT molecular complexity index is 673. The van der Waals surface area contributed by atoms with Gasteiger partial charge in [-0.2, -0.15) is 18.3 Å². The van der Waals surface area contributed by atoms with Crippen molar-refractivity contribution in [2.45, 2.75) is 18.8 Å². The number of halogens is 5. The molecule has 0 amide bonds. The number of H-pyrrole nitrogens is 1. The highest BCUT2D eigenvalue weighted by molar-refractivity contribution is 5.85. The second-order valence-electron chi connectivity index (χ2n) is 5.52. The molecule has 1 fully saturated rings. The molecule has 1 aliphatic heterocycles. The van der Waals surface area contributed by atoms with E-state index in [-0.39, 0.29) is 24.3 Å². The maximum Gasteiger partial charge on any atom is 0.435 e. The molecular formula is C15H17ClF4N4. The Labute approximate surface area is 142 Å². The number of alkyl halides is 3. The van der Waals surface area contributed by atoms with Gasteiger partial charge in [0, 0.05) is 37.9 Å². The van der Waals surface area contributed by atoms with E-state index in [9.17, 15) is 17.6 Å². The molecule has 2 heterocycles. The van der Waals surface area contributed by atoms with Gasteiger partial charge in [-0.1, -0.05) is 12.1 Å². The molecule has 2 N–H and O–H groups in total. The Morgan fingerprint density at radius 2 is 2.04 bits per heavy atom. The third kappa shape index (κ3) is 4.25. The molecule has 24 heavy (non-hydrogen) atoms. The second-order valence-corrected chi connectivity index (χ2v) is 5.52. The zero-order valence-electron chi connectivity index (χ0n) is 12.6. The van der Waals surface area contributed by atoms with Gasteiger partial charge in [0.15, 0.2) is 5.69 Å². The van der Waals surface area contributed by atoms with Gasteiger partial charge in [0.2, 0.25) is 0 Å². The summed E-state index contributed by atoms with van der Waals surface area (Å²) in [5.74, 6) is -0.325. The topological polar surface area (TPSA) is 44.0 Å². The molecule has 1 aliphatic rings. The number of aromatic nitrogens is 2. The maximum atomic E-state index is 13.4. The summed E-state index contributed by atoms with van der Waals surface area (Å²) in [7, 11) is 0. The minimum atomic E-state index is -4.46. The van der Waals surface area contributed by atoms with Crippen LogP contribution in [-0.2, 0) is 12.7 Å². The fraction of sp³-hybridized carbons (Fsp3) is 0.400. The molecule has 0 aliphatic carbocycles. The van der Waals surface area contributed by atoms with Crippen molar-refractivity contribution in [1.29, 1.82) is 0 Å². The van der Waals surface area contributed by atoms with Gasteiger partial charge in [-0.05, 0) is 23.8 Å². The summed E-state index contributed by atoms with van der Waals surface area (Å²) >= 11 is 0. The van der Waals surface area contributed by atoms with Crippen LogP contribution in [0.4, 0.5) is 17.6 Å². The normalized spacial score (nSPS) is 19.1. The number of nitrogens with zero attached hydrogens (tertiary/aromatic N) is 2. The van der Waals surface area contributed by atoms with E-state index >= 15 is 0 Å². The quantitative estimate of drug-likeness (QED) is 0.822. The lowest BCUT2D eigenvalue weighted by Crippen LogP contribution is -2.45. The van der Waals surface area contributed by atoms with Crippen molar-refractivity contribution in [3.05, 3.63) is 53.1 Å². The molecule has 1 atom stereocenters. The van der Waals surface area contributed by atoms with E-state index in [0.717, 1.165) is 18.2 Å². The van der Waals surface area contributed by atoms with E-state index < -0.39 is 11.9 Å². The standard InChI is InChI=1S/C15H16F4N4.ClH/c16-11-3-1-2-10(6-11)13-8-20-4-5-23(13)9-12-7-14(22-21-12)15(17,18)19;/h1-3,6-7,13,20H,4-5,8-9H2,(H,21,22);1H. The lowest BCUT2D eigenvalue weighted by atomic mass is 10.0. The maximum absolute atomic E-state index is 13.4. The largest absolute Gasteiger partial charge is 0.435 e. The molecule has 9 heteroatoms. The van der Waals surface area contributed by atoms with Crippen LogP contribution < -0.4 is 5.32 Å². The highest BCUT2D eigenvalue weighted by atomic mass is 35.5. The van der Waals surface area contributed by atoms with Crippen LogP contribution in [0.15, 0.2) is 30.3 Å². The van der Waals surface area contributed by atoms with Crippen molar-refractivity contribution < 1.29 is 17.6 Å². The fourth-order valence-electron chi connectivity index (χ4n) is 2.78. The number of hydrogen-bond acceptors (Lipinski definition) is 3. The summed E-state index contributed by atoms with van der Waals surface area (Å²) in [6.07, 6.45) is -4.46. The van der Waals surface area contributed by atoms with E-state index in [1.807, 2.05) is 11.0 Å². The van der Waals surface area contributed by atoms with E-state index in [1.165, 1.54) is 12.1 Å². The van der Waals surface area contributed by atoms with Crippen molar-refractivity contribution in [3.8, 4) is 0 Å². The van der Waals surface area contributed by atoms with Crippen molar-refractivity contribution in [1.82, 2.24) is 20.4 Å². The van der Waals surface area contributed by atoms with Crippen LogP contribution in [0.5, 0.6) is 0 Å². The Balaban J connectivity index is 0.00000208. The fourth-order valence-corrected chi connectivity index (χ4v) is 2.78. The average Bonchev–Trinajstić information content (AvgIpc) is 2.96. The van der Waals surface area contributed by atoms with Gasteiger partial charge < -0.3 is 5.32 Å². The second kappa shape index (κ2) is 7.50. The summed E-state index contributed by atoms with van der Waals surface area (Å²) in [4.78, 5) is 2.01. The SMILES string of the molecule is Cl.Fc1cccc(C2CNCCN2Cc2cc(C(F)(F)F)n[nH]2)c1. The van der Waals surface area contributed by atoms with Gasteiger partial charge in [0.05, 0.1) is 0 Å². The monoisotopic (exact) mass is 364 g/mol. The van der Waals surface area contributed by atoms with E-state index in [0.29, 0.717) is 25.3 Å². The summed E-state index contributed by atoms with van der Waals surface area (Å²) in [5, 5.41) is 8.98. The minimum absolute atomic E-state index is 0. The summed E-state index contributed by atoms with van der Waals surface area (Å²) < 4.78 is 51.3. The molecule has 0 saturated carbocycles. The Kier molecular flexibility index (Phi) is 5.84. The Morgan fingerprint density at radius 1 is 1.25 bits per heavy atom. The summed E-state index contributed by atoms with van der Waals surface area (Å²) in [6, 6.07) is 7.20. The van der Waals surface area contributed by atoms with Crippen LogP contribution in [0.25, 0.3) is 0 Å². The van der Waals surface area contributed by atoms with Gasteiger partial charge in [-0.3, -0.25) is 10.00 Å². The average molecular weight is 365 g/mol. The lowest BCUT2D eigenvalue weighted by molar-refractivity contribution is -0.141.